The number of allylic oxidation sites excluding steroid dienone is 2. The molecule has 1 aromatic rings. The van der Waals surface area contributed by atoms with Crippen LogP contribution in [0.2, 0.25) is 0 Å². The molecule has 0 bridgehead atoms. The number of carbonyl (C=O) groups excluding carboxylic acids is 2. The highest BCUT2D eigenvalue weighted by molar-refractivity contribution is 6.20. The Hall–Kier alpha value is -2.27. The van der Waals surface area contributed by atoms with Gasteiger partial charge in [0.2, 0.25) is 0 Å². The van der Waals surface area contributed by atoms with Crippen molar-refractivity contribution >= 4 is 23.5 Å². The van der Waals surface area contributed by atoms with Gasteiger partial charge in [0.15, 0.2) is 0 Å². The number of alkyl halides is 1. The summed E-state index contributed by atoms with van der Waals surface area (Å²) in [5.74, 6) is 0.979. The number of esters is 2. The fraction of sp³-hybridized carbons (Fsp3) is 0.538. The second-order valence-electron chi connectivity index (χ2n) is 7.95. The first-order chi connectivity index (χ1) is 15.3. The summed E-state index contributed by atoms with van der Waals surface area (Å²) in [6.07, 6.45) is 11.2. The van der Waals surface area contributed by atoms with Gasteiger partial charge in [0.05, 0.1) is 6.61 Å². The predicted octanol–water partition coefficient (Wildman–Crippen LogP) is 6.31. The van der Waals surface area contributed by atoms with Gasteiger partial charge in [-0.1, -0.05) is 30.9 Å². The average molecular weight is 465 g/mol. The molecule has 0 amide bonds. The van der Waals surface area contributed by atoms with Gasteiger partial charge in [-0.15, -0.1) is 11.6 Å². The molecule has 0 spiro atoms. The topological polar surface area (TPSA) is 61.8 Å². The molecule has 1 saturated carbocycles. The number of hydrogen-bond acceptors (Lipinski definition) is 5. The molecule has 1 aliphatic rings. The molecule has 2 unspecified atom stereocenters. The molecule has 0 saturated heterocycles. The summed E-state index contributed by atoms with van der Waals surface area (Å²) in [5, 5.41) is 0.306. The highest BCUT2D eigenvalue weighted by atomic mass is 35.5. The number of unbranched alkanes of at least 4 members (excludes halogenated alkanes) is 1. The van der Waals surface area contributed by atoms with Crippen LogP contribution in [0.1, 0.15) is 63.5 Å². The lowest BCUT2D eigenvalue weighted by molar-refractivity contribution is -0.143. The second-order valence-corrected chi connectivity index (χ2v) is 8.57. The van der Waals surface area contributed by atoms with Crippen molar-refractivity contribution in [2.45, 2.75) is 71.3 Å². The van der Waals surface area contributed by atoms with Crippen molar-refractivity contribution in [2.24, 2.45) is 5.92 Å². The molecule has 0 radical (unpaired) electrons. The fourth-order valence-electron chi connectivity index (χ4n) is 3.31. The van der Waals surface area contributed by atoms with Crippen molar-refractivity contribution in [1.82, 2.24) is 0 Å². The molecule has 178 valence electrons. The summed E-state index contributed by atoms with van der Waals surface area (Å²) < 4.78 is 15.7. The van der Waals surface area contributed by atoms with Crippen molar-refractivity contribution in [2.75, 3.05) is 13.2 Å². The van der Waals surface area contributed by atoms with Crippen molar-refractivity contribution in [3.63, 3.8) is 0 Å². The Balaban J connectivity index is 0.000000368. The maximum atomic E-state index is 10.9. The van der Waals surface area contributed by atoms with Gasteiger partial charge < -0.3 is 14.2 Å². The Labute approximate surface area is 197 Å². The van der Waals surface area contributed by atoms with Gasteiger partial charge in [-0.05, 0) is 75.1 Å². The molecule has 5 nitrogen and oxygen atoms in total. The van der Waals surface area contributed by atoms with Crippen molar-refractivity contribution < 1.29 is 23.8 Å². The third kappa shape index (κ3) is 13.2. The maximum absolute atomic E-state index is 10.9. The van der Waals surface area contributed by atoms with Gasteiger partial charge in [0, 0.05) is 18.7 Å². The lowest BCUT2D eigenvalue weighted by Gasteiger charge is -2.13. The van der Waals surface area contributed by atoms with Crippen LogP contribution in [0.5, 0.6) is 5.75 Å². The molecule has 2 atom stereocenters. The minimum absolute atomic E-state index is 0.139. The van der Waals surface area contributed by atoms with Crippen LogP contribution in [0.15, 0.2) is 43.0 Å². The zero-order valence-electron chi connectivity index (χ0n) is 19.6. The lowest BCUT2D eigenvalue weighted by Crippen LogP contribution is -2.09. The number of aryl methyl sites for hydroxylation is 1. The normalized spacial score (nSPS) is 17.4. The summed E-state index contributed by atoms with van der Waals surface area (Å²) in [4.78, 5) is 21.7. The number of ether oxygens (including phenoxy) is 3. The number of rotatable bonds is 11. The Morgan fingerprint density at radius 1 is 1.22 bits per heavy atom. The van der Waals surface area contributed by atoms with Gasteiger partial charge in [0.25, 0.3) is 0 Å². The van der Waals surface area contributed by atoms with E-state index < -0.39 is 0 Å². The summed E-state index contributed by atoms with van der Waals surface area (Å²) >= 11 is 6.11. The van der Waals surface area contributed by atoms with E-state index in [0.29, 0.717) is 37.5 Å². The molecular formula is C26H37ClO5. The number of carbonyl (C=O) groups is 2. The highest BCUT2D eigenvalue weighted by Gasteiger charge is 2.23. The van der Waals surface area contributed by atoms with Gasteiger partial charge in [-0.2, -0.15) is 0 Å². The van der Waals surface area contributed by atoms with E-state index in [1.165, 1.54) is 6.92 Å². The highest BCUT2D eigenvalue weighted by Crippen LogP contribution is 2.30. The van der Waals surface area contributed by atoms with E-state index in [4.69, 9.17) is 25.8 Å². The van der Waals surface area contributed by atoms with Gasteiger partial charge in [-0.25, -0.2) is 0 Å². The van der Waals surface area contributed by atoms with E-state index in [2.05, 4.69) is 6.58 Å². The van der Waals surface area contributed by atoms with Crippen LogP contribution >= 0.6 is 11.6 Å². The van der Waals surface area contributed by atoms with Crippen LogP contribution in [0.3, 0.4) is 0 Å². The summed E-state index contributed by atoms with van der Waals surface area (Å²) in [6.45, 7) is 10.2. The van der Waals surface area contributed by atoms with Crippen molar-refractivity contribution in [1.29, 1.82) is 0 Å². The summed E-state index contributed by atoms with van der Waals surface area (Å²) in [6, 6.07) is 5.94. The first kappa shape index (κ1) is 27.8. The molecule has 1 fully saturated rings. The SMILES string of the molecule is C=CCOC(=O)CCC/C=C\C.CC(=O)OCc1cc(C)cc(OCC2CCC(Cl)C2)c1. The molecule has 0 aliphatic heterocycles. The number of halogens is 1. The summed E-state index contributed by atoms with van der Waals surface area (Å²) in [5.41, 5.74) is 2.06. The number of hydrogen-bond donors (Lipinski definition) is 0. The van der Waals surface area contributed by atoms with Crippen LogP contribution in [0.4, 0.5) is 0 Å². The lowest BCUT2D eigenvalue weighted by atomic mass is 10.1. The number of benzene rings is 1. The van der Waals surface area contributed by atoms with Crippen LogP contribution < -0.4 is 4.74 Å². The van der Waals surface area contributed by atoms with Crippen molar-refractivity contribution in [3.05, 3.63) is 54.1 Å². The zero-order chi connectivity index (χ0) is 23.8. The maximum Gasteiger partial charge on any atom is 0.306 e. The quantitative estimate of drug-likeness (QED) is 0.166. The smallest absolute Gasteiger partial charge is 0.306 e. The third-order valence-corrected chi connectivity index (χ3v) is 5.26. The van der Waals surface area contributed by atoms with Gasteiger partial charge in [-0.3, -0.25) is 9.59 Å². The molecule has 1 aliphatic carbocycles. The van der Waals surface area contributed by atoms with Crippen molar-refractivity contribution in [3.8, 4) is 5.75 Å². The standard InChI is InChI=1S/C16H21ClO3.C10H16O2/c1-11-5-14(10-19-12(2)18)8-16(6-11)20-9-13-3-4-15(17)7-13;1-3-5-6-7-8-10(11)12-9-4-2/h5-6,8,13,15H,3-4,7,9-10H2,1-2H3;3-5H,2,6-9H2,1H3/b;5-3-. The molecule has 32 heavy (non-hydrogen) atoms. The zero-order valence-corrected chi connectivity index (χ0v) is 20.4. The van der Waals surface area contributed by atoms with Gasteiger partial charge in [0.1, 0.15) is 19.0 Å². The molecule has 6 heteroatoms. The molecule has 0 heterocycles. The Kier molecular flexibility index (Phi) is 14.2. The van der Waals surface area contributed by atoms with Crippen LogP contribution in [-0.2, 0) is 25.7 Å². The van der Waals surface area contributed by atoms with Gasteiger partial charge >= 0.3 is 11.9 Å². The van der Waals surface area contributed by atoms with E-state index >= 15 is 0 Å². The molecular weight excluding hydrogens is 428 g/mol. The van der Waals surface area contributed by atoms with Crippen LogP contribution in [0.25, 0.3) is 0 Å². The third-order valence-electron chi connectivity index (χ3n) is 4.87. The van der Waals surface area contributed by atoms with Crippen LogP contribution in [-0.4, -0.2) is 30.5 Å². The minimum atomic E-state index is -0.270. The first-order valence-corrected chi connectivity index (χ1v) is 11.7. The monoisotopic (exact) mass is 464 g/mol. The van der Waals surface area contributed by atoms with E-state index in [1.807, 2.05) is 44.2 Å². The molecule has 0 N–H and O–H groups in total. The first-order valence-electron chi connectivity index (χ1n) is 11.2. The van der Waals surface area contributed by atoms with Crippen LogP contribution in [0, 0.1) is 12.8 Å². The summed E-state index contributed by atoms with van der Waals surface area (Å²) in [7, 11) is 0. The Bertz CT molecular complexity index is 744. The van der Waals surface area contributed by atoms with E-state index in [9.17, 15) is 9.59 Å². The second kappa shape index (κ2) is 16.4. The largest absolute Gasteiger partial charge is 0.493 e. The molecule has 1 aromatic carbocycles. The fourth-order valence-corrected chi connectivity index (χ4v) is 3.69. The molecule has 0 aromatic heterocycles. The average Bonchev–Trinajstić information content (AvgIpc) is 3.17. The van der Waals surface area contributed by atoms with E-state index in [0.717, 1.165) is 49.0 Å². The van der Waals surface area contributed by atoms with E-state index in [1.54, 1.807) is 6.08 Å². The minimum Gasteiger partial charge on any atom is -0.493 e. The molecule has 2 rings (SSSR count). The van der Waals surface area contributed by atoms with E-state index in [-0.39, 0.29) is 11.9 Å². The Morgan fingerprint density at radius 2 is 2.00 bits per heavy atom. The predicted molar refractivity (Wildman–Crippen MR) is 129 cm³/mol. The Morgan fingerprint density at radius 3 is 2.62 bits per heavy atom.